The fraction of sp³-hybridized carbons (Fsp3) is 0.476. The van der Waals surface area contributed by atoms with E-state index in [1.54, 1.807) is 13.2 Å². The van der Waals surface area contributed by atoms with Crippen molar-refractivity contribution < 1.29 is 19.4 Å². The summed E-state index contributed by atoms with van der Waals surface area (Å²) in [5, 5.41) is 18.0. The highest BCUT2D eigenvalue weighted by atomic mass is 35.5. The van der Waals surface area contributed by atoms with Gasteiger partial charge in [0.05, 0.1) is 38.3 Å². The van der Waals surface area contributed by atoms with Gasteiger partial charge in [-0.3, -0.25) is 9.69 Å². The van der Waals surface area contributed by atoms with Crippen molar-refractivity contribution in [3.63, 3.8) is 0 Å². The number of hydrogen-bond acceptors (Lipinski definition) is 7. The lowest BCUT2D eigenvalue weighted by Crippen LogP contribution is -2.33. The fourth-order valence-electron chi connectivity index (χ4n) is 3.38. The molecule has 2 aromatic rings. The van der Waals surface area contributed by atoms with Crippen molar-refractivity contribution in [1.29, 1.82) is 0 Å². The van der Waals surface area contributed by atoms with Crippen molar-refractivity contribution in [2.75, 3.05) is 51.4 Å². The van der Waals surface area contributed by atoms with Crippen LogP contribution in [-0.4, -0.2) is 71.9 Å². The van der Waals surface area contributed by atoms with Crippen LogP contribution in [0.4, 0.5) is 16.2 Å². The molecule has 1 aliphatic heterocycles. The first-order valence-electron chi connectivity index (χ1n) is 10.4. The quantitative estimate of drug-likeness (QED) is 0.430. The van der Waals surface area contributed by atoms with Gasteiger partial charge in [-0.15, -0.1) is 0 Å². The Morgan fingerprint density at radius 1 is 1.22 bits per heavy atom. The van der Waals surface area contributed by atoms with Gasteiger partial charge in [0.15, 0.2) is 0 Å². The van der Waals surface area contributed by atoms with Crippen LogP contribution in [0.25, 0.3) is 0 Å². The van der Waals surface area contributed by atoms with Gasteiger partial charge in [0.2, 0.25) is 0 Å². The summed E-state index contributed by atoms with van der Waals surface area (Å²) in [7, 11) is 1.56. The molecule has 0 saturated carbocycles. The average molecular weight is 466 g/mol. The number of nitrogens with one attached hydrogen (secondary N) is 2. The molecule has 10 nitrogen and oxygen atoms in total. The number of aryl methyl sites for hydroxylation is 1. The molecule has 0 bridgehead atoms. The fourth-order valence-corrected chi connectivity index (χ4v) is 3.60. The van der Waals surface area contributed by atoms with Gasteiger partial charge in [-0.1, -0.05) is 17.7 Å². The molecule has 1 amide bonds. The highest BCUT2D eigenvalue weighted by Crippen LogP contribution is 2.26. The van der Waals surface area contributed by atoms with Crippen molar-refractivity contribution in [1.82, 2.24) is 20.0 Å². The van der Waals surface area contributed by atoms with Crippen molar-refractivity contribution in [3.8, 4) is 0 Å². The monoisotopic (exact) mass is 465 g/mol. The smallest absolute Gasteiger partial charge is 0.404 e. The van der Waals surface area contributed by atoms with Crippen LogP contribution in [0.1, 0.15) is 11.1 Å². The second-order valence-corrected chi connectivity index (χ2v) is 7.77. The minimum Gasteiger partial charge on any atom is -0.465 e. The molecule has 2 heterocycles. The van der Waals surface area contributed by atoms with E-state index >= 15 is 0 Å². The molecule has 3 rings (SSSR count). The SMILES string of the molecule is Cn1ncc(Nc2ccc3c(c2)CN(CCOCCOCCNC(=O)O)CC3)c(Cl)c1=O. The predicted octanol–water partition coefficient (Wildman–Crippen LogP) is 1.84. The first-order chi connectivity index (χ1) is 15.4. The molecular weight excluding hydrogens is 438 g/mol. The minimum absolute atomic E-state index is 0.112. The maximum Gasteiger partial charge on any atom is 0.404 e. The number of carbonyl (C=O) groups is 1. The van der Waals surface area contributed by atoms with Crippen LogP contribution in [0.15, 0.2) is 29.2 Å². The molecule has 0 saturated heterocycles. The molecule has 3 N–H and O–H groups in total. The van der Waals surface area contributed by atoms with E-state index in [1.807, 2.05) is 6.07 Å². The Kier molecular flexibility index (Phi) is 8.86. The third-order valence-corrected chi connectivity index (χ3v) is 5.47. The molecule has 32 heavy (non-hydrogen) atoms. The van der Waals surface area contributed by atoms with Crippen LogP contribution in [0.5, 0.6) is 0 Å². The molecule has 0 radical (unpaired) electrons. The van der Waals surface area contributed by atoms with Crippen LogP contribution in [0, 0.1) is 0 Å². The summed E-state index contributed by atoms with van der Waals surface area (Å²) in [6, 6.07) is 6.16. The zero-order valence-corrected chi connectivity index (χ0v) is 18.7. The predicted molar refractivity (Wildman–Crippen MR) is 121 cm³/mol. The highest BCUT2D eigenvalue weighted by molar-refractivity contribution is 6.33. The molecule has 0 aliphatic carbocycles. The zero-order valence-electron chi connectivity index (χ0n) is 18.0. The molecule has 1 aromatic heterocycles. The minimum atomic E-state index is -1.05. The van der Waals surface area contributed by atoms with Crippen molar-refractivity contribution in [2.24, 2.45) is 7.05 Å². The van der Waals surface area contributed by atoms with Crippen LogP contribution < -0.4 is 16.2 Å². The number of carboxylic acid groups (broad SMARTS) is 1. The maximum atomic E-state index is 12.0. The number of aromatic nitrogens is 2. The average Bonchev–Trinajstić information content (AvgIpc) is 2.78. The topological polar surface area (TPSA) is 118 Å². The molecule has 1 aromatic carbocycles. The van der Waals surface area contributed by atoms with E-state index in [4.69, 9.17) is 26.2 Å². The summed E-state index contributed by atoms with van der Waals surface area (Å²) in [5.41, 5.74) is 3.53. The Morgan fingerprint density at radius 3 is 2.78 bits per heavy atom. The van der Waals surface area contributed by atoms with Crippen molar-refractivity contribution in [2.45, 2.75) is 13.0 Å². The van der Waals surface area contributed by atoms with Gasteiger partial charge in [0, 0.05) is 38.9 Å². The van der Waals surface area contributed by atoms with Gasteiger partial charge >= 0.3 is 6.09 Å². The normalized spacial score (nSPS) is 13.6. The zero-order chi connectivity index (χ0) is 22.9. The van der Waals surface area contributed by atoms with Crippen molar-refractivity contribution >= 4 is 29.1 Å². The molecule has 0 spiro atoms. The van der Waals surface area contributed by atoms with E-state index in [0.29, 0.717) is 32.1 Å². The number of anilines is 2. The van der Waals surface area contributed by atoms with E-state index in [2.05, 4.69) is 32.8 Å². The largest absolute Gasteiger partial charge is 0.465 e. The van der Waals surface area contributed by atoms with Crippen molar-refractivity contribution in [3.05, 3.63) is 50.9 Å². The van der Waals surface area contributed by atoms with Crippen LogP contribution in [0.2, 0.25) is 5.02 Å². The summed E-state index contributed by atoms with van der Waals surface area (Å²) in [6.45, 7) is 4.67. The maximum absolute atomic E-state index is 12.0. The van der Waals surface area contributed by atoms with Gasteiger partial charge in [-0.2, -0.15) is 5.10 Å². The van der Waals surface area contributed by atoms with Crippen LogP contribution in [-0.2, 0) is 29.5 Å². The van der Waals surface area contributed by atoms with E-state index in [-0.39, 0.29) is 17.1 Å². The Morgan fingerprint density at radius 2 is 2.00 bits per heavy atom. The number of nitrogens with zero attached hydrogens (tertiary/aromatic N) is 3. The highest BCUT2D eigenvalue weighted by Gasteiger charge is 2.17. The number of fused-ring (bicyclic) bond motifs is 1. The lowest BCUT2D eigenvalue weighted by molar-refractivity contribution is 0.0382. The van der Waals surface area contributed by atoms with Crippen LogP contribution >= 0.6 is 11.6 Å². The van der Waals surface area contributed by atoms with E-state index < -0.39 is 6.09 Å². The Bertz CT molecular complexity index is 984. The summed E-state index contributed by atoms with van der Waals surface area (Å²) in [5.74, 6) is 0. The summed E-state index contributed by atoms with van der Waals surface area (Å²) >= 11 is 6.15. The van der Waals surface area contributed by atoms with Gasteiger partial charge < -0.3 is 25.2 Å². The Labute approximate surface area is 191 Å². The first kappa shape index (κ1) is 24.0. The number of hydrogen-bond donors (Lipinski definition) is 3. The standard InChI is InChI=1S/C21H28ClN5O5/c1-26-20(28)19(22)18(13-24-26)25-17-3-2-15-4-6-27(14-16(15)12-17)7-9-32-11-10-31-8-5-23-21(29)30/h2-3,12-13,23,25H,4-11,14H2,1H3,(H,29,30). The second-order valence-electron chi connectivity index (χ2n) is 7.39. The molecule has 174 valence electrons. The number of rotatable bonds is 11. The van der Waals surface area contributed by atoms with E-state index in [1.165, 1.54) is 15.8 Å². The lowest BCUT2D eigenvalue weighted by atomic mass is 9.99. The molecule has 0 unspecified atom stereocenters. The molecule has 11 heteroatoms. The number of amides is 1. The first-order valence-corrected chi connectivity index (χ1v) is 10.8. The molecular formula is C21H28ClN5O5. The van der Waals surface area contributed by atoms with Gasteiger partial charge in [-0.25, -0.2) is 9.48 Å². The number of ether oxygens (including phenoxy) is 2. The van der Waals surface area contributed by atoms with Gasteiger partial charge in [-0.05, 0) is 29.7 Å². The van der Waals surface area contributed by atoms with Crippen LogP contribution in [0.3, 0.4) is 0 Å². The second kappa shape index (κ2) is 11.8. The molecule has 1 aliphatic rings. The molecule has 0 atom stereocenters. The lowest BCUT2D eigenvalue weighted by Gasteiger charge is -2.29. The third kappa shape index (κ3) is 6.92. The Hall–Kier alpha value is -2.66. The number of halogens is 1. The molecule has 0 fully saturated rings. The third-order valence-electron chi connectivity index (χ3n) is 5.10. The Balaban J connectivity index is 1.43. The van der Waals surface area contributed by atoms with Gasteiger partial charge in [0.25, 0.3) is 5.56 Å². The summed E-state index contributed by atoms with van der Waals surface area (Å²) in [4.78, 5) is 24.6. The summed E-state index contributed by atoms with van der Waals surface area (Å²) < 4.78 is 12.1. The number of benzene rings is 1. The summed E-state index contributed by atoms with van der Waals surface area (Å²) in [6.07, 6.45) is 1.45. The van der Waals surface area contributed by atoms with E-state index in [0.717, 1.165) is 31.7 Å². The van der Waals surface area contributed by atoms with Gasteiger partial charge in [0.1, 0.15) is 5.02 Å². The van der Waals surface area contributed by atoms with E-state index in [9.17, 15) is 9.59 Å².